The molecule has 2 aliphatic rings. The number of nitrogens with zero attached hydrogens (tertiary/aromatic N) is 1. The molecule has 2 unspecified atom stereocenters. The molecule has 1 heterocycles. The maximum atomic E-state index is 9.96. The lowest BCUT2D eigenvalue weighted by Gasteiger charge is -2.41. The number of ether oxygens (including phenoxy) is 1. The number of aliphatic hydroxyl groups excluding tert-OH is 2. The molecule has 4 nitrogen and oxygen atoms in total. The largest absolute Gasteiger partial charge is 0.396 e. The summed E-state index contributed by atoms with van der Waals surface area (Å²) in [6.07, 6.45) is 5.26. The normalized spacial score (nSPS) is 30.5. The Bertz CT molecular complexity index is 221. The Labute approximate surface area is 104 Å². The molecule has 0 spiro atoms. The second kappa shape index (κ2) is 6.69. The van der Waals surface area contributed by atoms with Crippen LogP contribution in [-0.2, 0) is 4.74 Å². The van der Waals surface area contributed by atoms with Crippen LogP contribution in [0.5, 0.6) is 0 Å². The summed E-state index contributed by atoms with van der Waals surface area (Å²) < 4.78 is 5.45. The molecule has 0 bridgehead atoms. The maximum Gasteiger partial charge on any atom is 0.0624 e. The minimum absolute atomic E-state index is 0.208. The number of hydrogen-bond acceptors (Lipinski definition) is 4. The summed E-state index contributed by atoms with van der Waals surface area (Å²) in [5, 5.41) is 18.9. The van der Waals surface area contributed by atoms with Gasteiger partial charge in [0.1, 0.15) is 0 Å². The van der Waals surface area contributed by atoms with Gasteiger partial charge in [-0.15, -0.1) is 0 Å². The van der Waals surface area contributed by atoms with E-state index in [2.05, 4.69) is 4.90 Å². The first-order valence-electron chi connectivity index (χ1n) is 6.92. The van der Waals surface area contributed by atoms with Crippen LogP contribution in [0.3, 0.4) is 0 Å². The zero-order valence-corrected chi connectivity index (χ0v) is 10.6. The third kappa shape index (κ3) is 3.65. The van der Waals surface area contributed by atoms with Crippen molar-refractivity contribution in [1.82, 2.24) is 4.90 Å². The van der Waals surface area contributed by atoms with Gasteiger partial charge in [0.25, 0.3) is 0 Å². The van der Waals surface area contributed by atoms with Crippen LogP contribution in [0.2, 0.25) is 0 Å². The van der Waals surface area contributed by atoms with Crippen molar-refractivity contribution in [1.29, 1.82) is 0 Å². The van der Waals surface area contributed by atoms with Crippen molar-refractivity contribution in [2.75, 3.05) is 32.9 Å². The monoisotopic (exact) mass is 243 g/mol. The summed E-state index contributed by atoms with van der Waals surface area (Å²) in [6.45, 7) is 3.50. The van der Waals surface area contributed by atoms with Crippen LogP contribution >= 0.6 is 0 Å². The molecule has 0 aromatic carbocycles. The quantitative estimate of drug-likeness (QED) is 0.718. The average Bonchev–Trinajstić information content (AvgIpc) is 2.26. The molecule has 4 heteroatoms. The zero-order chi connectivity index (χ0) is 12.1. The summed E-state index contributed by atoms with van der Waals surface area (Å²) >= 11 is 0. The fourth-order valence-corrected chi connectivity index (χ4v) is 2.71. The van der Waals surface area contributed by atoms with Crippen molar-refractivity contribution >= 4 is 0 Å². The third-order valence-electron chi connectivity index (χ3n) is 4.10. The lowest BCUT2D eigenvalue weighted by Crippen LogP contribution is -2.47. The van der Waals surface area contributed by atoms with E-state index >= 15 is 0 Å². The first kappa shape index (κ1) is 13.3. The van der Waals surface area contributed by atoms with Crippen LogP contribution in [0.25, 0.3) is 0 Å². The van der Waals surface area contributed by atoms with Crippen LogP contribution in [0.1, 0.15) is 32.1 Å². The molecule has 2 rings (SSSR count). The average molecular weight is 243 g/mol. The number of hydrogen-bond donors (Lipinski definition) is 2. The SMILES string of the molecule is OCCCN(CC1COCCC1O)C1CCC1. The predicted octanol–water partition coefficient (Wildman–Crippen LogP) is 0.621. The molecule has 1 saturated heterocycles. The van der Waals surface area contributed by atoms with Crippen LogP contribution in [0.4, 0.5) is 0 Å². The van der Waals surface area contributed by atoms with E-state index in [-0.39, 0.29) is 18.6 Å². The van der Waals surface area contributed by atoms with Crippen LogP contribution in [0, 0.1) is 5.92 Å². The van der Waals surface area contributed by atoms with Gasteiger partial charge in [0.2, 0.25) is 0 Å². The highest BCUT2D eigenvalue weighted by Crippen LogP contribution is 2.27. The van der Waals surface area contributed by atoms with Crippen molar-refractivity contribution < 1.29 is 14.9 Å². The highest BCUT2D eigenvalue weighted by molar-refractivity contribution is 4.84. The molecule has 0 amide bonds. The van der Waals surface area contributed by atoms with Gasteiger partial charge in [-0.1, -0.05) is 6.42 Å². The number of rotatable bonds is 6. The Hall–Kier alpha value is -0.160. The van der Waals surface area contributed by atoms with Gasteiger partial charge in [0.05, 0.1) is 12.7 Å². The standard InChI is InChI=1S/C13H25NO3/c15-7-2-6-14(12-3-1-4-12)9-11-10-17-8-5-13(11)16/h11-13,15-16H,1-10H2. The van der Waals surface area contributed by atoms with E-state index in [1.807, 2.05) is 0 Å². The van der Waals surface area contributed by atoms with Crippen LogP contribution in [0.15, 0.2) is 0 Å². The fraction of sp³-hybridized carbons (Fsp3) is 1.00. The third-order valence-corrected chi connectivity index (χ3v) is 4.10. The minimum atomic E-state index is -0.208. The van der Waals surface area contributed by atoms with E-state index in [1.165, 1.54) is 19.3 Å². The molecule has 17 heavy (non-hydrogen) atoms. The molecule has 2 atom stereocenters. The topological polar surface area (TPSA) is 52.9 Å². The lowest BCUT2D eigenvalue weighted by molar-refractivity contribution is -0.0548. The Morgan fingerprint density at radius 2 is 2.06 bits per heavy atom. The van der Waals surface area contributed by atoms with Crippen molar-refractivity contribution in [2.45, 2.75) is 44.2 Å². The highest BCUT2D eigenvalue weighted by Gasteiger charge is 2.30. The number of aliphatic hydroxyl groups is 2. The summed E-state index contributed by atoms with van der Waals surface area (Å²) in [7, 11) is 0. The molecule has 2 fully saturated rings. The van der Waals surface area contributed by atoms with E-state index in [0.717, 1.165) is 25.9 Å². The second-order valence-corrected chi connectivity index (χ2v) is 5.35. The molecular formula is C13H25NO3. The van der Waals surface area contributed by atoms with Gasteiger partial charge in [-0.2, -0.15) is 0 Å². The van der Waals surface area contributed by atoms with Gasteiger partial charge in [-0.3, -0.25) is 4.90 Å². The summed E-state index contributed by atoms with van der Waals surface area (Å²) in [6, 6.07) is 0.677. The van der Waals surface area contributed by atoms with Crippen LogP contribution in [-0.4, -0.2) is 60.2 Å². The second-order valence-electron chi connectivity index (χ2n) is 5.35. The van der Waals surface area contributed by atoms with Gasteiger partial charge in [0, 0.05) is 38.3 Å². The molecule has 2 N–H and O–H groups in total. The molecular weight excluding hydrogens is 218 g/mol. The molecule has 1 aliphatic heterocycles. The Balaban J connectivity index is 1.81. The molecule has 0 radical (unpaired) electrons. The Kier molecular flexibility index (Phi) is 5.22. The Morgan fingerprint density at radius 3 is 2.65 bits per heavy atom. The van der Waals surface area contributed by atoms with Gasteiger partial charge < -0.3 is 14.9 Å². The first-order chi connectivity index (χ1) is 8.31. The van der Waals surface area contributed by atoms with Crippen molar-refractivity contribution in [2.24, 2.45) is 5.92 Å². The highest BCUT2D eigenvalue weighted by atomic mass is 16.5. The molecule has 1 aliphatic carbocycles. The van der Waals surface area contributed by atoms with E-state index in [1.54, 1.807) is 0 Å². The molecule has 1 saturated carbocycles. The lowest BCUT2D eigenvalue weighted by atomic mass is 9.89. The summed E-state index contributed by atoms with van der Waals surface area (Å²) in [5.74, 6) is 0.253. The van der Waals surface area contributed by atoms with E-state index in [0.29, 0.717) is 19.3 Å². The minimum Gasteiger partial charge on any atom is -0.396 e. The van der Waals surface area contributed by atoms with E-state index in [4.69, 9.17) is 9.84 Å². The molecule has 100 valence electrons. The van der Waals surface area contributed by atoms with Crippen molar-refractivity contribution in [3.8, 4) is 0 Å². The van der Waals surface area contributed by atoms with Crippen molar-refractivity contribution in [3.05, 3.63) is 0 Å². The Morgan fingerprint density at radius 1 is 1.24 bits per heavy atom. The molecule has 0 aromatic rings. The maximum absolute atomic E-state index is 9.96. The van der Waals surface area contributed by atoms with E-state index in [9.17, 15) is 5.11 Å². The summed E-state index contributed by atoms with van der Waals surface area (Å²) in [5.41, 5.74) is 0. The fourth-order valence-electron chi connectivity index (χ4n) is 2.71. The van der Waals surface area contributed by atoms with Gasteiger partial charge in [0.15, 0.2) is 0 Å². The smallest absolute Gasteiger partial charge is 0.0624 e. The first-order valence-corrected chi connectivity index (χ1v) is 6.92. The summed E-state index contributed by atoms with van der Waals surface area (Å²) in [4.78, 5) is 2.45. The zero-order valence-electron chi connectivity index (χ0n) is 10.6. The van der Waals surface area contributed by atoms with Gasteiger partial charge >= 0.3 is 0 Å². The van der Waals surface area contributed by atoms with E-state index < -0.39 is 0 Å². The van der Waals surface area contributed by atoms with Crippen molar-refractivity contribution in [3.63, 3.8) is 0 Å². The van der Waals surface area contributed by atoms with Crippen LogP contribution < -0.4 is 0 Å². The van der Waals surface area contributed by atoms with Gasteiger partial charge in [-0.05, 0) is 25.7 Å². The van der Waals surface area contributed by atoms with Gasteiger partial charge in [-0.25, -0.2) is 0 Å². The predicted molar refractivity (Wildman–Crippen MR) is 65.8 cm³/mol. The molecule has 0 aromatic heterocycles.